The number of nitrogens with one attached hydrogen (secondary N) is 1. The third-order valence-corrected chi connectivity index (χ3v) is 8.00. The van der Waals surface area contributed by atoms with Crippen molar-refractivity contribution >= 4 is 32.4 Å². The van der Waals surface area contributed by atoms with E-state index in [2.05, 4.69) is 10.3 Å². The van der Waals surface area contributed by atoms with Crippen molar-refractivity contribution in [3.63, 3.8) is 0 Å². The van der Waals surface area contributed by atoms with Gasteiger partial charge >= 0.3 is 0 Å². The summed E-state index contributed by atoms with van der Waals surface area (Å²) in [4.78, 5) is 17.3. The molecule has 1 aliphatic heterocycles. The molecule has 1 saturated heterocycles. The number of hydrogen-bond acceptors (Lipinski definition) is 7. The van der Waals surface area contributed by atoms with E-state index < -0.39 is 16.1 Å². The van der Waals surface area contributed by atoms with Crippen LogP contribution in [0, 0.1) is 0 Å². The summed E-state index contributed by atoms with van der Waals surface area (Å²) in [6.07, 6.45) is 1.03. The molecule has 2 heterocycles. The van der Waals surface area contributed by atoms with Crippen molar-refractivity contribution in [1.29, 1.82) is 0 Å². The maximum Gasteiger partial charge on any atom is 0.266 e. The van der Waals surface area contributed by atoms with Crippen LogP contribution in [0.2, 0.25) is 0 Å². The van der Waals surface area contributed by atoms with Crippen LogP contribution in [0.5, 0.6) is 11.5 Å². The third-order valence-electron chi connectivity index (χ3n) is 5.33. The topological polar surface area (TPSA) is 97.8 Å². The van der Waals surface area contributed by atoms with Crippen molar-refractivity contribution in [2.75, 3.05) is 25.5 Å². The number of ether oxygens (including phenoxy) is 2. The molecule has 3 aromatic rings. The van der Waals surface area contributed by atoms with E-state index in [1.54, 1.807) is 56.5 Å². The third kappa shape index (κ3) is 5.18. The minimum absolute atomic E-state index is 0.277. The van der Waals surface area contributed by atoms with E-state index >= 15 is 0 Å². The van der Waals surface area contributed by atoms with Crippen molar-refractivity contribution in [2.45, 2.75) is 30.8 Å². The highest BCUT2D eigenvalue weighted by atomic mass is 32.2. The summed E-state index contributed by atoms with van der Waals surface area (Å²) in [5.41, 5.74) is 1.42. The zero-order valence-electron chi connectivity index (χ0n) is 18.4. The number of hydrogen-bond donors (Lipinski definition) is 1. The first-order valence-corrected chi connectivity index (χ1v) is 12.9. The molecule has 174 valence electrons. The molecule has 8 nitrogen and oxygen atoms in total. The first-order chi connectivity index (χ1) is 15.9. The zero-order chi connectivity index (χ0) is 23.4. The second-order valence-electron chi connectivity index (χ2n) is 7.57. The van der Waals surface area contributed by atoms with Gasteiger partial charge in [0.2, 0.25) is 10.0 Å². The molecule has 1 fully saturated rings. The van der Waals surface area contributed by atoms with Gasteiger partial charge in [-0.05, 0) is 44.0 Å². The Morgan fingerprint density at radius 3 is 2.42 bits per heavy atom. The van der Waals surface area contributed by atoms with E-state index in [9.17, 15) is 13.2 Å². The van der Waals surface area contributed by atoms with Crippen LogP contribution in [0.1, 0.15) is 19.8 Å². The van der Waals surface area contributed by atoms with E-state index in [-0.39, 0.29) is 10.8 Å². The molecule has 0 spiro atoms. The van der Waals surface area contributed by atoms with Gasteiger partial charge in [-0.1, -0.05) is 24.3 Å². The summed E-state index contributed by atoms with van der Waals surface area (Å²) >= 11 is 1.28. The molecule has 1 unspecified atom stereocenters. The summed E-state index contributed by atoms with van der Waals surface area (Å²) < 4.78 is 37.9. The van der Waals surface area contributed by atoms with Crippen molar-refractivity contribution in [3.8, 4) is 22.8 Å². The van der Waals surface area contributed by atoms with Gasteiger partial charge in [-0.3, -0.25) is 10.1 Å². The minimum atomic E-state index is -3.45. The number of thiazole rings is 1. The second-order valence-corrected chi connectivity index (χ2v) is 10.4. The van der Waals surface area contributed by atoms with Gasteiger partial charge in [-0.2, -0.15) is 4.31 Å². The lowest BCUT2D eigenvalue weighted by molar-refractivity contribution is -0.122. The van der Waals surface area contributed by atoms with E-state index in [1.807, 2.05) is 11.4 Å². The Kier molecular flexibility index (Phi) is 6.96. The van der Waals surface area contributed by atoms with Gasteiger partial charge in [-0.15, -0.1) is 11.3 Å². The number of anilines is 1. The fourth-order valence-electron chi connectivity index (χ4n) is 3.51. The molecule has 1 atom stereocenters. The first kappa shape index (κ1) is 23.2. The monoisotopic (exact) mass is 487 g/mol. The Morgan fingerprint density at radius 1 is 1.09 bits per heavy atom. The lowest BCUT2D eigenvalue weighted by Crippen LogP contribution is -2.30. The van der Waals surface area contributed by atoms with Gasteiger partial charge in [0.25, 0.3) is 5.91 Å². The predicted octanol–water partition coefficient (Wildman–Crippen LogP) is 4.01. The number of nitrogens with zero attached hydrogens (tertiary/aromatic N) is 2. The van der Waals surface area contributed by atoms with Crippen LogP contribution in [-0.4, -0.2) is 49.9 Å². The van der Waals surface area contributed by atoms with Crippen LogP contribution >= 0.6 is 11.3 Å². The van der Waals surface area contributed by atoms with E-state index in [4.69, 9.17) is 9.47 Å². The van der Waals surface area contributed by atoms with Gasteiger partial charge in [0.1, 0.15) is 0 Å². The quantitative estimate of drug-likeness (QED) is 0.516. The highest BCUT2D eigenvalue weighted by Crippen LogP contribution is 2.29. The number of carbonyl (C=O) groups is 1. The second kappa shape index (κ2) is 9.90. The van der Waals surface area contributed by atoms with Crippen LogP contribution in [0.15, 0.2) is 58.8 Å². The van der Waals surface area contributed by atoms with Crippen LogP contribution in [-0.2, 0) is 14.8 Å². The molecular weight excluding hydrogens is 462 g/mol. The average Bonchev–Trinajstić information content (AvgIpc) is 3.52. The normalized spacial score (nSPS) is 15.2. The number of methoxy groups -OCH3 is 1. The van der Waals surface area contributed by atoms with Crippen LogP contribution in [0.25, 0.3) is 11.3 Å². The maximum absolute atomic E-state index is 12.7. The molecule has 0 radical (unpaired) electrons. The number of amides is 1. The summed E-state index contributed by atoms with van der Waals surface area (Å²) in [5, 5.41) is 5.00. The average molecular weight is 488 g/mol. The lowest BCUT2D eigenvalue weighted by Gasteiger charge is -2.15. The molecule has 0 aliphatic carbocycles. The lowest BCUT2D eigenvalue weighted by atomic mass is 10.2. The number of carbonyl (C=O) groups excluding carboxylic acids is 1. The summed E-state index contributed by atoms with van der Waals surface area (Å²) in [7, 11) is -1.91. The summed E-state index contributed by atoms with van der Waals surface area (Å²) in [6.45, 7) is 2.78. The van der Waals surface area contributed by atoms with Gasteiger partial charge in [-0.25, -0.2) is 13.4 Å². The van der Waals surface area contributed by atoms with Crippen molar-refractivity contribution in [2.24, 2.45) is 0 Å². The highest BCUT2D eigenvalue weighted by molar-refractivity contribution is 7.89. The number of para-hydroxylation sites is 2. The molecule has 1 N–H and O–H groups in total. The molecular formula is C23H25N3O5S2. The number of aromatic nitrogens is 1. The number of sulfonamides is 1. The van der Waals surface area contributed by atoms with Crippen molar-refractivity contribution in [1.82, 2.24) is 9.29 Å². The molecule has 2 aromatic carbocycles. The van der Waals surface area contributed by atoms with Crippen LogP contribution in [0.4, 0.5) is 5.13 Å². The van der Waals surface area contributed by atoms with Gasteiger partial charge in [0.05, 0.1) is 17.7 Å². The van der Waals surface area contributed by atoms with Crippen LogP contribution in [0.3, 0.4) is 0 Å². The molecule has 33 heavy (non-hydrogen) atoms. The Labute approximate surface area is 197 Å². The number of rotatable bonds is 8. The molecule has 1 amide bonds. The van der Waals surface area contributed by atoms with E-state index in [0.717, 1.165) is 18.4 Å². The van der Waals surface area contributed by atoms with E-state index in [0.29, 0.717) is 35.4 Å². The molecule has 4 rings (SSSR count). The Bertz CT molecular complexity index is 1220. The van der Waals surface area contributed by atoms with Gasteiger partial charge in [0.15, 0.2) is 22.7 Å². The maximum atomic E-state index is 12.7. The van der Waals surface area contributed by atoms with E-state index in [1.165, 1.54) is 15.6 Å². The fraction of sp³-hybridized carbons (Fsp3) is 0.304. The highest BCUT2D eigenvalue weighted by Gasteiger charge is 2.27. The smallest absolute Gasteiger partial charge is 0.266 e. The van der Waals surface area contributed by atoms with Crippen molar-refractivity contribution < 1.29 is 22.7 Å². The molecule has 1 aromatic heterocycles. The number of benzene rings is 2. The predicted molar refractivity (Wildman–Crippen MR) is 127 cm³/mol. The molecule has 10 heteroatoms. The fourth-order valence-corrected chi connectivity index (χ4v) is 5.75. The molecule has 1 aliphatic rings. The summed E-state index contributed by atoms with van der Waals surface area (Å²) in [6, 6.07) is 13.8. The van der Waals surface area contributed by atoms with Gasteiger partial charge < -0.3 is 9.47 Å². The van der Waals surface area contributed by atoms with Crippen molar-refractivity contribution in [3.05, 3.63) is 53.9 Å². The molecule has 0 saturated carbocycles. The molecule has 0 bridgehead atoms. The SMILES string of the molecule is COc1ccccc1OC(C)C(=O)Nc1nc(-c2ccc(S(=O)(=O)N3CCCC3)cc2)cs1. The Morgan fingerprint density at radius 2 is 1.76 bits per heavy atom. The summed E-state index contributed by atoms with van der Waals surface area (Å²) in [5.74, 6) is 0.684. The van der Waals surface area contributed by atoms with Crippen LogP contribution < -0.4 is 14.8 Å². The largest absolute Gasteiger partial charge is 0.493 e. The Hall–Kier alpha value is -2.95. The first-order valence-electron chi connectivity index (χ1n) is 10.5. The minimum Gasteiger partial charge on any atom is -0.493 e. The Balaban J connectivity index is 1.41. The zero-order valence-corrected chi connectivity index (χ0v) is 20.0. The standard InChI is InChI=1S/C23H25N3O5S2/c1-16(31-21-8-4-3-7-20(21)30-2)22(27)25-23-24-19(15-32-23)17-9-11-18(12-10-17)33(28,29)26-13-5-6-14-26/h3-4,7-12,15-16H,5-6,13-14H2,1-2H3,(H,24,25,27). The van der Waals surface area contributed by atoms with Gasteiger partial charge in [0, 0.05) is 24.0 Å².